The Balaban J connectivity index is 2.40. The SMILES string of the molecule is O=C=Nc1ccc2c(c1)CCC(=O)N2. The molecule has 0 bridgehead atoms. The van der Waals surface area contributed by atoms with E-state index in [4.69, 9.17) is 0 Å². The minimum absolute atomic E-state index is 0.0316. The van der Waals surface area contributed by atoms with Crippen molar-refractivity contribution in [1.29, 1.82) is 0 Å². The Bertz CT molecular complexity index is 434. The first-order valence-electron chi connectivity index (χ1n) is 4.30. The summed E-state index contributed by atoms with van der Waals surface area (Å²) >= 11 is 0. The third-order valence-corrected chi connectivity index (χ3v) is 2.16. The normalized spacial score (nSPS) is 13.9. The molecule has 1 aliphatic rings. The van der Waals surface area contributed by atoms with Gasteiger partial charge in [-0.3, -0.25) is 4.79 Å². The van der Waals surface area contributed by atoms with Crippen LogP contribution in [0.1, 0.15) is 12.0 Å². The molecule has 1 heterocycles. The summed E-state index contributed by atoms with van der Waals surface area (Å²) in [5.74, 6) is 0.0316. The minimum atomic E-state index is 0.0316. The highest BCUT2D eigenvalue weighted by molar-refractivity contribution is 5.94. The molecule has 2 rings (SSSR count). The molecule has 0 aliphatic carbocycles. The van der Waals surface area contributed by atoms with E-state index in [2.05, 4.69) is 10.3 Å². The van der Waals surface area contributed by atoms with Crippen LogP contribution in [0.4, 0.5) is 11.4 Å². The van der Waals surface area contributed by atoms with Crippen LogP contribution in [0.15, 0.2) is 23.2 Å². The molecule has 1 aliphatic heterocycles. The summed E-state index contributed by atoms with van der Waals surface area (Å²) in [5, 5.41) is 2.75. The zero-order valence-corrected chi connectivity index (χ0v) is 7.41. The Morgan fingerprint density at radius 3 is 3.00 bits per heavy atom. The first kappa shape index (κ1) is 8.66. The van der Waals surface area contributed by atoms with E-state index >= 15 is 0 Å². The van der Waals surface area contributed by atoms with Gasteiger partial charge in [-0.05, 0) is 30.2 Å². The molecule has 0 aromatic heterocycles. The standard InChI is InChI=1S/C10H8N2O2/c13-6-11-8-2-3-9-7(5-8)1-4-10(14)12-9/h2-3,5H,1,4H2,(H,12,14). The topological polar surface area (TPSA) is 58.5 Å². The van der Waals surface area contributed by atoms with Gasteiger partial charge in [0.15, 0.2) is 0 Å². The van der Waals surface area contributed by atoms with Crippen molar-refractivity contribution in [1.82, 2.24) is 0 Å². The van der Waals surface area contributed by atoms with E-state index in [0.717, 1.165) is 11.3 Å². The number of aliphatic imine (C=N–C) groups is 1. The lowest BCUT2D eigenvalue weighted by Crippen LogP contribution is -2.18. The largest absolute Gasteiger partial charge is 0.326 e. The van der Waals surface area contributed by atoms with E-state index in [0.29, 0.717) is 18.5 Å². The van der Waals surface area contributed by atoms with Crippen molar-refractivity contribution in [3.05, 3.63) is 23.8 Å². The van der Waals surface area contributed by atoms with E-state index in [1.165, 1.54) is 6.08 Å². The Morgan fingerprint density at radius 2 is 2.21 bits per heavy atom. The maximum absolute atomic E-state index is 11.0. The average molecular weight is 188 g/mol. The van der Waals surface area contributed by atoms with E-state index in [9.17, 15) is 9.59 Å². The van der Waals surface area contributed by atoms with Crippen molar-refractivity contribution < 1.29 is 9.59 Å². The summed E-state index contributed by atoms with van der Waals surface area (Å²) < 4.78 is 0. The number of carbonyl (C=O) groups is 1. The van der Waals surface area contributed by atoms with E-state index in [-0.39, 0.29) is 5.91 Å². The number of nitrogens with one attached hydrogen (secondary N) is 1. The van der Waals surface area contributed by atoms with Crippen LogP contribution < -0.4 is 5.32 Å². The van der Waals surface area contributed by atoms with Crippen LogP contribution in [0.25, 0.3) is 0 Å². The summed E-state index contributed by atoms with van der Waals surface area (Å²) in [6, 6.07) is 5.22. The van der Waals surface area contributed by atoms with E-state index in [1.54, 1.807) is 18.2 Å². The van der Waals surface area contributed by atoms with Gasteiger partial charge in [0.2, 0.25) is 12.0 Å². The summed E-state index contributed by atoms with van der Waals surface area (Å²) in [6.45, 7) is 0. The van der Waals surface area contributed by atoms with Crippen molar-refractivity contribution in [3.8, 4) is 0 Å². The van der Waals surface area contributed by atoms with Crippen molar-refractivity contribution in [2.45, 2.75) is 12.8 Å². The molecule has 0 spiro atoms. The second-order valence-corrected chi connectivity index (χ2v) is 3.09. The summed E-state index contributed by atoms with van der Waals surface area (Å²) in [5.41, 5.74) is 2.40. The Kier molecular flexibility index (Phi) is 2.13. The quantitative estimate of drug-likeness (QED) is 0.536. The number of fused-ring (bicyclic) bond motifs is 1. The number of aryl methyl sites for hydroxylation is 1. The van der Waals surface area contributed by atoms with Gasteiger partial charge in [0.1, 0.15) is 0 Å². The van der Waals surface area contributed by atoms with Gasteiger partial charge in [-0.25, -0.2) is 4.79 Å². The molecule has 1 aromatic carbocycles. The predicted molar refractivity (Wildman–Crippen MR) is 51.2 cm³/mol. The second kappa shape index (κ2) is 3.44. The number of isocyanates is 1. The van der Waals surface area contributed by atoms with Crippen molar-refractivity contribution >= 4 is 23.4 Å². The van der Waals surface area contributed by atoms with Gasteiger partial charge in [-0.1, -0.05) is 0 Å². The van der Waals surface area contributed by atoms with Crippen LogP contribution >= 0.6 is 0 Å². The molecular weight excluding hydrogens is 180 g/mol. The molecule has 1 N–H and O–H groups in total. The minimum Gasteiger partial charge on any atom is -0.326 e. The number of benzene rings is 1. The number of amides is 1. The molecule has 0 saturated heterocycles. The molecule has 0 saturated carbocycles. The molecule has 0 fully saturated rings. The maximum atomic E-state index is 11.0. The molecule has 70 valence electrons. The molecule has 1 aromatic rings. The van der Waals surface area contributed by atoms with E-state index in [1.807, 2.05) is 0 Å². The summed E-state index contributed by atoms with van der Waals surface area (Å²) in [4.78, 5) is 24.6. The second-order valence-electron chi connectivity index (χ2n) is 3.09. The Labute approximate surface area is 80.7 Å². The van der Waals surface area contributed by atoms with Crippen LogP contribution in [0.5, 0.6) is 0 Å². The van der Waals surface area contributed by atoms with Crippen LogP contribution in [0.2, 0.25) is 0 Å². The zero-order chi connectivity index (χ0) is 9.97. The van der Waals surface area contributed by atoms with Crippen LogP contribution in [-0.2, 0) is 16.0 Å². The highest BCUT2D eigenvalue weighted by atomic mass is 16.1. The lowest BCUT2D eigenvalue weighted by Gasteiger charge is -2.16. The highest BCUT2D eigenvalue weighted by Crippen LogP contribution is 2.26. The zero-order valence-electron chi connectivity index (χ0n) is 7.41. The fraction of sp³-hybridized carbons (Fsp3) is 0.200. The summed E-state index contributed by atoms with van der Waals surface area (Å²) in [6.07, 6.45) is 2.67. The van der Waals surface area contributed by atoms with Crippen molar-refractivity contribution in [2.75, 3.05) is 5.32 Å². The molecule has 14 heavy (non-hydrogen) atoms. The van der Waals surface area contributed by atoms with Crippen LogP contribution in [-0.4, -0.2) is 12.0 Å². The van der Waals surface area contributed by atoms with Crippen LogP contribution in [0.3, 0.4) is 0 Å². The third-order valence-electron chi connectivity index (χ3n) is 2.16. The molecule has 4 nitrogen and oxygen atoms in total. The van der Waals surface area contributed by atoms with Gasteiger partial charge in [-0.2, -0.15) is 4.99 Å². The van der Waals surface area contributed by atoms with Gasteiger partial charge >= 0.3 is 0 Å². The van der Waals surface area contributed by atoms with Crippen LogP contribution in [0, 0.1) is 0 Å². The first-order chi connectivity index (χ1) is 6.79. The molecule has 0 radical (unpaired) electrons. The number of hydrogen-bond acceptors (Lipinski definition) is 3. The fourth-order valence-electron chi connectivity index (χ4n) is 1.49. The lowest BCUT2D eigenvalue weighted by atomic mass is 10.0. The van der Waals surface area contributed by atoms with Crippen molar-refractivity contribution in [3.63, 3.8) is 0 Å². The Hall–Kier alpha value is -1.93. The van der Waals surface area contributed by atoms with Gasteiger partial charge < -0.3 is 5.32 Å². The fourth-order valence-corrected chi connectivity index (χ4v) is 1.49. The first-order valence-corrected chi connectivity index (χ1v) is 4.30. The predicted octanol–water partition coefficient (Wildman–Crippen LogP) is 1.54. The van der Waals surface area contributed by atoms with Gasteiger partial charge in [0, 0.05) is 12.1 Å². The number of anilines is 1. The summed E-state index contributed by atoms with van der Waals surface area (Å²) in [7, 11) is 0. The lowest BCUT2D eigenvalue weighted by molar-refractivity contribution is -0.116. The molecule has 1 amide bonds. The smallest absolute Gasteiger partial charge is 0.240 e. The average Bonchev–Trinajstić information content (AvgIpc) is 2.19. The molecule has 4 heteroatoms. The monoisotopic (exact) mass is 188 g/mol. The molecule has 0 atom stereocenters. The highest BCUT2D eigenvalue weighted by Gasteiger charge is 2.14. The number of hydrogen-bond donors (Lipinski definition) is 1. The third kappa shape index (κ3) is 1.56. The molecular formula is C10H8N2O2. The Morgan fingerprint density at radius 1 is 1.36 bits per heavy atom. The van der Waals surface area contributed by atoms with Gasteiger partial charge in [-0.15, -0.1) is 0 Å². The van der Waals surface area contributed by atoms with Gasteiger partial charge in [0.25, 0.3) is 0 Å². The van der Waals surface area contributed by atoms with E-state index < -0.39 is 0 Å². The number of carbonyl (C=O) groups excluding carboxylic acids is 2. The molecule has 0 unspecified atom stereocenters. The number of rotatable bonds is 1. The van der Waals surface area contributed by atoms with Gasteiger partial charge in [0.05, 0.1) is 5.69 Å². The number of nitrogens with zero attached hydrogens (tertiary/aromatic N) is 1. The maximum Gasteiger partial charge on any atom is 0.240 e. The van der Waals surface area contributed by atoms with Crippen molar-refractivity contribution in [2.24, 2.45) is 4.99 Å².